The molecule has 0 radical (unpaired) electrons. The number of carbonyl (C=O) groups is 1. The third-order valence-electron chi connectivity index (χ3n) is 6.48. The Morgan fingerprint density at radius 3 is 2.71 bits per heavy atom. The molecule has 2 aliphatic rings. The number of fused-ring (bicyclic) bond motifs is 3. The van der Waals surface area contributed by atoms with Crippen LogP contribution in [-0.4, -0.2) is 37.7 Å². The van der Waals surface area contributed by atoms with Crippen molar-refractivity contribution >= 4 is 11.7 Å². The Balaban J connectivity index is 1.44. The average molecular weight is 379 g/mol. The highest BCUT2D eigenvalue weighted by Crippen LogP contribution is 2.51. The number of carbonyl (C=O) groups excluding carboxylic acids is 1. The minimum Gasteiger partial charge on any atom is -0.427 e. The number of ether oxygens (including phenoxy) is 1. The molecule has 4 heteroatoms. The van der Waals surface area contributed by atoms with Gasteiger partial charge in [0.1, 0.15) is 5.75 Å². The molecule has 0 unspecified atom stereocenters. The molecule has 4 nitrogen and oxygen atoms in total. The number of hydrogen-bond donors (Lipinski definition) is 0. The smallest absolute Gasteiger partial charge is 0.311 e. The highest BCUT2D eigenvalue weighted by atomic mass is 16.5. The van der Waals surface area contributed by atoms with Crippen molar-refractivity contribution in [2.24, 2.45) is 5.92 Å². The summed E-state index contributed by atoms with van der Waals surface area (Å²) in [6.45, 7) is 5.52. The molecule has 2 aromatic rings. The van der Waals surface area contributed by atoms with Gasteiger partial charge >= 0.3 is 5.97 Å². The van der Waals surface area contributed by atoms with E-state index in [1.54, 1.807) is 0 Å². The van der Waals surface area contributed by atoms with Crippen molar-refractivity contribution in [1.29, 1.82) is 0 Å². The molecule has 0 aromatic heterocycles. The molecule has 2 aromatic carbocycles. The Hall–Kier alpha value is -2.33. The molecule has 0 amide bonds. The Morgan fingerprint density at radius 2 is 1.96 bits per heavy atom. The number of anilines is 1. The molecule has 4 rings (SSSR count). The van der Waals surface area contributed by atoms with E-state index in [0.717, 1.165) is 19.4 Å². The van der Waals surface area contributed by atoms with Crippen molar-refractivity contribution in [3.63, 3.8) is 0 Å². The molecule has 0 aliphatic carbocycles. The molecular formula is C24H30N2O2. The van der Waals surface area contributed by atoms with E-state index in [-0.39, 0.29) is 17.3 Å². The van der Waals surface area contributed by atoms with Gasteiger partial charge in [-0.2, -0.15) is 0 Å². The van der Waals surface area contributed by atoms with Crippen LogP contribution in [0.15, 0.2) is 48.5 Å². The van der Waals surface area contributed by atoms with E-state index >= 15 is 0 Å². The molecule has 0 N–H and O–H groups in total. The van der Waals surface area contributed by atoms with Crippen molar-refractivity contribution in [3.05, 3.63) is 59.7 Å². The number of hydrogen-bond acceptors (Lipinski definition) is 4. The van der Waals surface area contributed by atoms with E-state index in [9.17, 15) is 4.79 Å². The zero-order chi connectivity index (χ0) is 19.9. The van der Waals surface area contributed by atoms with E-state index < -0.39 is 0 Å². The lowest BCUT2D eigenvalue weighted by Gasteiger charge is -2.32. The predicted octanol–water partition coefficient (Wildman–Crippen LogP) is 4.23. The molecule has 2 heterocycles. The maximum absolute atomic E-state index is 12.5. The summed E-state index contributed by atoms with van der Waals surface area (Å²) < 4.78 is 5.73. The van der Waals surface area contributed by atoms with Crippen molar-refractivity contribution in [2.45, 2.75) is 44.7 Å². The van der Waals surface area contributed by atoms with Gasteiger partial charge in [0.05, 0.1) is 6.17 Å². The van der Waals surface area contributed by atoms with E-state index in [1.807, 2.05) is 24.3 Å². The van der Waals surface area contributed by atoms with Gasteiger partial charge in [-0.25, -0.2) is 0 Å². The number of benzene rings is 2. The van der Waals surface area contributed by atoms with Crippen LogP contribution in [0.25, 0.3) is 0 Å². The van der Waals surface area contributed by atoms with E-state index in [0.29, 0.717) is 18.3 Å². The number of nitrogens with zero attached hydrogens (tertiary/aromatic N) is 2. The van der Waals surface area contributed by atoms with E-state index in [1.165, 1.54) is 16.8 Å². The molecule has 0 bridgehead atoms. The van der Waals surface area contributed by atoms with Crippen molar-refractivity contribution in [2.75, 3.05) is 25.5 Å². The summed E-state index contributed by atoms with van der Waals surface area (Å²) in [5.74, 6) is 0.765. The highest BCUT2D eigenvalue weighted by Gasteiger charge is 2.52. The van der Waals surface area contributed by atoms with Crippen LogP contribution in [0.4, 0.5) is 5.69 Å². The molecule has 28 heavy (non-hydrogen) atoms. The Bertz CT molecular complexity index is 866. The van der Waals surface area contributed by atoms with Gasteiger partial charge in [-0.1, -0.05) is 44.2 Å². The van der Waals surface area contributed by atoms with E-state index in [2.05, 4.69) is 62.0 Å². The monoisotopic (exact) mass is 378 g/mol. The summed E-state index contributed by atoms with van der Waals surface area (Å²) in [6.07, 6.45) is 2.81. The number of likely N-dealkylation sites (tertiary alicyclic amines) is 1. The van der Waals surface area contributed by atoms with Crippen molar-refractivity contribution < 1.29 is 9.53 Å². The van der Waals surface area contributed by atoms with Crippen LogP contribution >= 0.6 is 0 Å². The fourth-order valence-electron chi connectivity index (χ4n) is 5.16. The zero-order valence-electron chi connectivity index (χ0n) is 17.3. The summed E-state index contributed by atoms with van der Waals surface area (Å²) in [6, 6.07) is 16.4. The molecule has 3 atom stereocenters. The Labute approximate surface area is 168 Å². The van der Waals surface area contributed by atoms with E-state index in [4.69, 9.17) is 4.74 Å². The topological polar surface area (TPSA) is 32.8 Å². The Kier molecular flexibility index (Phi) is 4.92. The first-order valence-corrected chi connectivity index (χ1v) is 10.2. The van der Waals surface area contributed by atoms with Crippen LogP contribution in [0.1, 0.15) is 37.8 Å². The first kappa shape index (κ1) is 19.0. The molecular weight excluding hydrogens is 348 g/mol. The van der Waals surface area contributed by atoms with Gasteiger partial charge in [-0.3, -0.25) is 9.69 Å². The van der Waals surface area contributed by atoms with Gasteiger partial charge in [-0.15, -0.1) is 0 Å². The third kappa shape index (κ3) is 3.30. The summed E-state index contributed by atoms with van der Waals surface area (Å²) in [7, 11) is 4.35. The highest BCUT2D eigenvalue weighted by molar-refractivity contribution is 5.74. The first-order valence-electron chi connectivity index (χ1n) is 10.2. The minimum atomic E-state index is -0.153. The van der Waals surface area contributed by atoms with Gasteiger partial charge in [0.15, 0.2) is 0 Å². The maximum atomic E-state index is 12.5. The minimum absolute atomic E-state index is 0.0852. The summed E-state index contributed by atoms with van der Waals surface area (Å²) in [4.78, 5) is 17.3. The predicted molar refractivity (Wildman–Crippen MR) is 113 cm³/mol. The number of likely N-dealkylation sites (N-methyl/N-ethyl adjacent to an activating group) is 2. The standard InChI is InChI=1S/C24H30N2O2/c1-17(14-18-8-6-5-7-9-18)15-22(27)28-19-10-11-21-20(16-19)24(2)12-13-25(3)23(24)26(21)4/h5-11,16-17,23H,12-15H2,1-4H3/t17-,23-,24+/m1/s1. The fourth-order valence-corrected chi connectivity index (χ4v) is 5.16. The van der Waals surface area contributed by atoms with Gasteiger partial charge in [0.25, 0.3) is 0 Å². The second-order valence-corrected chi connectivity index (χ2v) is 8.78. The molecule has 148 valence electrons. The van der Waals surface area contributed by atoms with Crippen molar-refractivity contribution in [3.8, 4) is 5.75 Å². The van der Waals surface area contributed by atoms with Crippen LogP contribution in [0.5, 0.6) is 5.75 Å². The van der Waals surface area contributed by atoms with Gasteiger partial charge in [-0.05, 0) is 55.1 Å². The second-order valence-electron chi connectivity index (χ2n) is 8.78. The lowest BCUT2D eigenvalue weighted by Crippen LogP contribution is -2.45. The quantitative estimate of drug-likeness (QED) is 0.576. The lowest BCUT2D eigenvalue weighted by molar-refractivity contribution is -0.135. The average Bonchev–Trinajstić information content (AvgIpc) is 3.08. The van der Waals surface area contributed by atoms with Gasteiger partial charge in [0, 0.05) is 31.1 Å². The second kappa shape index (κ2) is 7.25. The third-order valence-corrected chi connectivity index (χ3v) is 6.48. The van der Waals surface area contributed by atoms with Crippen LogP contribution in [0.2, 0.25) is 0 Å². The zero-order valence-corrected chi connectivity index (χ0v) is 17.3. The Morgan fingerprint density at radius 1 is 1.21 bits per heavy atom. The largest absolute Gasteiger partial charge is 0.427 e. The summed E-state index contributed by atoms with van der Waals surface area (Å²) in [5.41, 5.74) is 3.89. The van der Waals surface area contributed by atoms with Crippen LogP contribution in [-0.2, 0) is 16.6 Å². The molecule has 0 spiro atoms. The van der Waals surface area contributed by atoms with Gasteiger partial charge < -0.3 is 9.64 Å². The SMILES string of the molecule is C[C@@H](CC(=O)Oc1ccc2c(c1)[C@]1(C)CCN(C)[C@@H]1N2C)Cc1ccccc1. The summed E-state index contributed by atoms with van der Waals surface area (Å²) >= 11 is 0. The molecule has 2 aliphatic heterocycles. The van der Waals surface area contributed by atoms with Gasteiger partial charge in [0.2, 0.25) is 0 Å². The van der Waals surface area contributed by atoms with Crippen LogP contribution < -0.4 is 9.64 Å². The molecule has 1 fully saturated rings. The molecule has 1 saturated heterocycles. The number of rotatable bonds is 5. The maximum Gasteiger partial charge on any atom is 0.311 e. The van der Waals surface area contributed by atoms with Crippen LogP contribution in [0.3, 0.4) is 0 Å². The lowest BCUT2D eigenvalue weighted by atomic mass is 9.81. The fraction of sp³-hybridized carbons (Fsp3) is 0.458. The molecule has 0 saturated carbocycles. The van der Waals surface area contributed by atoms with Crippen molar-refractivity contribution in [1.82, 2.24) is 4.90 Å². The van der Waals surface area contributed by atoms with Crippen LogP contribution in [0, 0.1) is 5.92 Å². The number of esters is 1. The first-order chi connectivity index (χ1) is 13.4. The summed E-state index contributed by atoms with van der Waals surface area (Å²) in [5, 5.41) is 0. The normalized spacial score (nSPS) is 24.7.